The van der Waals surface area contributed by atoms with Crippen LogP contribution in [-0.4, -0.2) is 48.1 Å². The monoisotopic (exact) mass is 335 g/mol. The van der Waals surface area contributed by atoms with E-state index in [9.17, 15) is 4.79 Å². The van der Waals surface area contributed by atoms with Crippen LogP contribution in [0.25, 0.3) is 0 Å². The molecule has 0 radical (unpaired) electrons. The number of thiol groups is 2. The Hall–Kier alpha value is 0.0900. The van der Waals surface area contributed by atoms with Crippen molar-refractivity contribution in [2.75, 3.05) is 32.7 Å². The van der Waals surface area contributed by atoms with Gasteiger partial charge in [0.1, 0.15) is 0 Å². The molecule has 0 aliphatic heterocycles. The van der Waals surface area contributed by atoms with Crippen molar-refractivity contribution in [3.63, 3.8) is 0 Å². The quantitative estimate of drug-likeness (QED) is 0.280. The van der Waals surface area contributed by atoms with Gasteiger partial charge >= 0.3 is 0 Å². The van der Waals surface area contributed by atoms with Gasteiger partial charge in [0.05, 0.1) is 0 Å². The summed E-state index contributed by atoms with van der Waals surface area (Å²) in [7, 11) is 0. The summed E-state index contributed by atoms with van der Waals surface area (Å²) in [5.41, 5.74) is 0. The third-order valence-electron chi connectivity index (χ3n) is 2.76. The van der Waals surface area contributed by atoms with Gasteiger partial charge in [-0.1, -0.05) is 0 Å². The van der Waals surface area contributed by atoms with Crippen LogP contribution in [0.1, 0.15) is 47.0 Å². The van der Waals surface area contributed by atoms with Crippen LogP contribution in [0, 0.1) is 0 Å². The van der Waals surface area contributed by atoms with Crippen molar-refractivity contribution in [2.45, 2.75) is 56.5 Å². The molecule has 4 nitrogen and oxygen atoms in total. The highest BCUT2D eigenvalue weighted by molar-refractivity contribution is 7.82. The van der Waals surface area contributed by atoms with Crippen molar-refractivity contribution in [2.24, 2.45) is 0 Å². The van der Waals surface area contributed by atoms with E-state index in [1.807, 2.05) is 13.8 Å². The molecule has 0 heterocycles. The number of amides is 1. The number of carbonyl (C=O) groups excluding carboxylic acids is 1. The van der Waals surface area contributed by atoms with Crippen molar-refractivity contribution < 1.29 is 4.79 Å². The minimum atomic E-state index is -0.147. The first kappa shape index (κ1) is 21.1. The fraction of sp³-hybridized carbons (Fsp3) is 0.933. The number of nitrogens with one attached hydrogen (secondary N) is 3. The van der Waals surface area contributed by atoms with Crippen LogP contribution in [0.2, 0.25) is 0 Å². The molecular formula is C15H33N3OS2. The van der Waals surface area contributed by atoms with Crippen LogP contribution < -0.4 is 16.0 Å². The van der Waals surface area contributed by atoms with Crippen LogP contribution in [-0.2, 0) is 4.79 Å². The van der Waals surface area contributed by atoms with Gasteiger partial charge < -0.3 is 16.0 Å². The first-order chi connectivity index (χ1) is 9.60. The molecule has 0 aromatic heterocycles. The van der Waals surface area contributed by atoms with Gasteiger partial charge in [0.25, 0.3) is 0 Å². The lowest BCUT2D eigenvalue weighted by Crippen LogP contribution is -2.35. The average molecular weight is 336 g/mol. The van der Waals surface area contributed by atoms with Crippen LogP contribution in [0.3, 0.4) is 0 Å². The SMILES string of the molecule is CC(C)(S)CNCCNCCCCC(=O)NCC(C)(C)S. The largest absolute Gasteiger partial charge is 0.355 e. The summed E-state index contributed by atoms with van der Waals surface area (Å²) in [5, 5.41) is 9.63. The Morgan fingerprint density at radius 2 is 1.43 bits per heavy atom. The Labute approximate surface area is 141 Å². The molecule has 0 spiro atoms. The summed E-state index contributed by atoms with van der Waals surface area (Å²) in [6.07, 6.45) is 2.54. The number of hydrogen-bond donors (Lipinski definition) is 5. The molecule has 3 N–H and O–H groups in total. The third kappa shape index (κ3) is 18.0. The van der Waals surface area contributed by atoms with E-state index in [1.165, 1.54) is 0 Å². The van der Waals surface area contributed by atoms with Crippen LogP contribution in [0.15, 0.2) is 0 Å². The zero-order chi connectivity index (χ0) is 16.4. The van der Waals surface area contributed by atoms with Crippen LogP contribution in [0.4, 0.5) is 0 Å². The van der Waals surface area contributed by atoms with E-state index in [2.05, 4.69) is 55.1 Å². The highest BCUT2D eigenvalue weighted by Crippen LogP contribution is 2.09. The van der Waals surface area contributed by atoms with Gasteiger partial charge in [0, 0.05) is 42.1 Å². The molecule has 126 valence electrons. The lowest BCUT2D eigenvalue weighted by Gasteiger charge is -2.18. The predicted octanol–water partition coefficient (Wildman–Crippen LogP) is 1.87. The Kier molecular flexibility index (Phi) is 10.8. The molecule has 0 saturated carbocycles. The molecule has 0 aliphatic rings. The highest BCUT2D eigenvalue weighted by Gasteiger charge is 2.12. The summed E-state index contributed by atoms with van der Waals surface area (Å²) < 4.78 is -0.110. The van der Waals surface area contributed by atoms with Gasteiger partial charge in [-0.05, 0) is 47.1 Å². The highest BCUT2D eigenvalue weighted by atomic mass is 32.1. The fourth-order valence-corrected chi connectivity index (χ4v) is 1.83. The third-order valence-corrected chi connectivity index (χ3v) is 3.08. The first-order valence-electron chi connectivity index (χ1n) is 7.73. The minimum absolute atomic E-state index is 0.0366. The van der Waals surface area contributed by atoms with Crippen molar-refractivity contribution in [3.8, 4) is 0 Å². The molecule has 6 heteroatoms. The van der Waals surface area contributed by atoms with E-state index in [0.29, 0.717) is 13.0 Å². The lowest BCUT2D eigenvalue weighted by atomic mass is 10.2. The number of rotatable bonds is 12. The predicted molar refractivity (Wildman–Crippen MR) is 98.7 cm³/mol. The smallest absolute Gasteiger partial charge is 0.220 e. The summed E-state index contributed by atoms with van der Waals surface area (Å²) in [6.45, 7) is 12.5. The second-order valence-electron chi connectivity index (χ2n) is 6.79. The van der Waals surface area contributed by atoms with Crippen molar-refractivity contribution in [1.82, 2.24) is 16.0 Å². The molecule has 0 atom stereocenters. The molecule has 0 rings (SSSR count). The summed E-state index contributed by atoms with van der Waals surface area (Å²) >= 11 is 8.83. The summed E-state index contributed by atoms with van der Waals surface area (Å²) in [5.74, 6) is 0.120. The van der Waals surface area contributed by atoms with E-state index in [-0.39, 0.29) is 15.4 Å². The zero-order valence-electron chi connectivity index (χ0n) is 14.0. The molecule has 0 unspecified atom stereocenters. The Morgan fingerprint density at radius 1 is 0.857 bits per heavy atom. The molecule has 0 bridgehead atoms. The average Bonchev–Trinajstić information content (AvgIpc) is 2.32. The van der Waals surface area contributed by atoms with Gasteiger partial charge in [0.2, 0.25) is 5.91 Å². The molecule has 0 aromatic rings. The Bertz CT molecular complexity index is 286. The standard InChI is InChI=1S/C15H33N3OS2/c1-14(2,20)11-17-10-9-16-8-6-5-7-13(19)18-12-15(3,4)21/h16-17,20-21H,5-12H2,1-4H3,(H,18,19). The lowest BCUT2D eigenvalue weighted by molar-refractivity contribution is -0.121. The zero-order valence-corrected chi connectivity index (χ0v) is 15.7. The van der Waals surface area contributed by atoms with Gasteiger partial charge in [-0.2, -0.15) is 25.3 Å². The second-order valence-corrected chi connectivity index (χ2v) is 9.21. The minimum Gasteiger partial charge on any atom is -0.355 e. The summed E-state index contributed by atoms with van der Waals surface area (Å²) in [6, 6.07) is 0. The van der Waals surface area contributed by atoms with E-state index in [1.54, 1.807) is 0 Å². The van der Waals surface area contributed by atoms with Gasteiger partial charge in [-0.15, -0.1) is 0 Å². The van der Waals surface area contributed by atoms with E-state index in [0.717, 1.165) is 39.0 Å². The maximum Gasteiger partial charge on any atom is 0.220 e. The molecule has 0 fully saturated rings. The molecule has 0 aliphatic carbocycles. The van der Waals surface area contributed by atoms with Crippen LogP contribution >= 0.6 is 25.3 Å². The van der Waals surface area contributed by atoms with Gasteiger partial charge in [-0.25, -0.2) is 0 Å². The van der Waals surface area contributed by atoms with E-state index in [4.69, 9.17) is 0 Å². The van der Waals surface area contributed by atoms with E-state index >= 15 is 0 Å². The van der Waals surface area contributed by atoms with Gasteiger partial charge in [-0.3, -0.25) is 4.79 Å². The first-order valence-corrected chi connectivity index (χ1v) is 8.62. The van der Waals surface area contributed by atoms with Crippen molar-refractivity contribution in [1.29, 1.82) is 0 Å². The number of carbonyl (C=O) groups is 1. The van der Waals surface area contributed by atoms with Crippen LogP contribution in [0.5, 0.6) is 0 Å². The van der Waals surface area contributed by atoms with Crippen molar-refractivity contribution >= 4 is 31.2 Å². The fourth-order valence-electron chi connectivity index (χ4n) is 1.63. The van der Waals surface area contributed by atoms with E-state index < -0.39 is 0 Å². The maximum atomic E-state index is 11.6. The molecule has 21 heavy (non-hydrogen) atoms. The Balaban J connectivity index is 3.31. The topological polar surface area (TPSA) is 53.2 Å². The molecule has 1 amide bonds. The second kappa shape index (κ2) is 10.8. The normalized spacial score (nSPS) is 12.5. The molecular weight excluding hydrogens is 302 g/mol. The number of hydrogen-bond acceptors (Lipinski definition) is 5. The van der Waals surface area contributed by atoms with Crippen molar-refractivity contribution in [3.05, 3.63) is 0 Å². The molecule has 0 aromatic carbocycles. The molecule has 0 saturated heterocycles. The Morgan fingerprint density at radius 3 is 2.00 bits per heavy atom. The maximum absolute atomic E-state index is 11.6. The number of unbranched alkanes of at least 4 members (excludes halogenated alkanes) is 1. The van der Waals surface area contributed by atoms with Gasteiger partial charge in [0.15, 0.2) is 0 Å². The summed E-state index contributed by atoms with van der Waals surface area (Å²) in [4.78, 5) is 11.6.